The van der Waals surface area contributed by atoms with Crippen molar-refractivity contribution in [2.45, 2.75) is 12.8 Å². The fourth-order valence-electron chi connectivity index (χ4n) is 4.67. The average Bonchev–Trinajstić information content (AvgIpc) is 2.81. The minimum absolute atomic E-state index is 0.478. The first-order chi connectivity index (χ1) is 15.1. The number of benzene rings is 3. The van der Waals surface area contributed by atoms with Crippen molar-refractivity contribution in [3.63, 3.8) is 0 Å². The van der Waals surface area contributed by atoms with Gasteiger partial charge >= 0.3 is 10.2 Å². The summed E-state index contributed by atoms with van der Waals surface area (Å²) < 4.78 is 29.4. The molecule has 0 atom stereocenters. The smallest absolute Gasteiger partial charge is 0.299 e. The van der Waals surface area contributed by atoms with Crippen LogP contribution in [0.1, 0.15) is 18.4 Å². The lowest BCUT2D eigenvalue weighted by Crippen LogP contribution is -2.46. The molecule has 0 unspecified atom stereocenters. The number of hydrogen-bond acceptors (Lipinski definition) is 3. The largest absolute Gasteiger partial charge is 0.326 e. The van der Waals surface area contributed by atoms with E-state index in [4.69, 9.17) is 0 Å². The molecule has 0 fully saturated rings. The zero-order valence-corrected chi connectivity index (χ0v) is 18.6. The second kappa shape index (κ2) is 8.02. The normalized spacial score (nSPS) is 18.3. The van der Waals surface area contributed by atoms with Crippen molar-refractivity contribution in [1.29, 1.82) is 0 Å². The van der Waals surface area contributed by atoms with Gasteiger partial charge in [-0.05, 0) is 41.5 Å². The molecule has 2 heterocycles. The van der Waals surface area contributed by atoms with Gasteiger partial charge in [0.05, 0.1) is 11.4 Å². The Bertz CT molecular complexity index is 1230. The summed E-state index contributed by atoms with van der Waals surface area (Å²) in [6.07, 6.45) is 4.13. The summed E-state index contributed by atoms with van der Waals surface area (Å²) in [5, 5.41) is 2.08. The number of rotatable bonds is 5. The third-order valence-corrected chi connectivity index (χ3v) is 8.19. The summed E-state index contributed by atoms with van der Waals surface area (Å²) in [5.74, 6) is 0. The molecule has 3 aromatic rings. The number of nitrogens with zero attached hydrogens (tertiary/aromatic N) is 3. The molecule has 0 saturated carbocycles. The van der Waals surface area contributed by atoms with E-state index >= 15 is 0 Å². The van der Waals surface area contributed by atoms with Gasteiger partial charge in [0.2, 0.25) is 0 Å². The summed E-state index contributed by atoms with van der Waals surface area (Å²) in [4.78, 5) is 2.40. The molecule has 6 heteroatoms. The first-order valence-corrected chi connectivity index (χ1v) is 12.2. The first kappa shape index (κ1) is 20.1. The molecule has 0 bridgehead atoms. The molecule has 0 spiro atoms. The molecule has 0 aliphatic carbocycles. The summed E-state index contributed by atoms with van der Waals surface area (Å²) in [6.45, 7) is 3.28. The van der Waals surface area contributed by atoms with Crippen LogP contribution in [-0.4, -0.2) is 46.5 Å². The third-order valence-electron chi connectivity index (χ3n) is 6.37. The highest BCUT2D eigenvalue weighted by Crippen LogP contribution is 2.41. The Labute approximate surface area is 184 Å². The fourth-order valence-corrected chi connectivity index (χ4v) is 6.13. The van der Waals surface area contributed by atoms with Crippen molar-refractivity contribution in [2.24, 2.45) is 0 Å². The van der Waals surface area contributed by atoms with Crippen LogP contribution < -0.4 is 8.61 Å². The van der Waals surface area contributed by atoms with E-state index < -0.39 is 10.2 Å². The van der Waals surface area contributed by atoms with Crippen molar-refractivity contribution in [3.05, 3.63) is 78.4 Å². The van der Waals surface area contributed by atoms with Gasteiger partial charge in [-0.2, -0.15) is 8.42 Å². The maximum Gasteiger partial charge on any atom is 0.326 e. The van der Waals surface area contributed by atoms with Crippen molar-refractivity contribution in [2.75, 3.05) is 41.8 Å². The topological polar surface area (TPSA) is 43.9 Å². The summed E-state index contributed by atoms with van der Waals surface area (Å²) >= 11 is 0. The van der Waals surface area contributed by atoms with Crippen molar-refractivity contribution in [1.82, 2.24) is 4.90 Å². The van der Waals surface area contributed by atoms with E-state index in [1.54, 1.807) is 11.4 Å². The van der Waals surface area contributed by atoms with Gasteiger partial charge in [-0.25, -0.2) is 0 Å². The third kappa shape index (κ3) is 3.60. The van der Waals surface area contributed by atoms with Gasteiger partial charge in [0.25, 0.3) is 0 Å². The molecule has 0 amide bonds. The first-order valence-electron chi connectivity index (χ1n) is 10.8. The Kier molecular flexibility index (Phi) is 5.20. The Morgan fingerprint density at radius 1 is 0.871 bits per heavy atom. The monoisotopic (exact) mass is 433 g/mol. The van der Waals surface area contributed by atoms with E-state index in [1.807, 2.05) is 42.5 Å². The van der Waals surface area contributed by atoms with Crippen LogP contribution in [0.5, 0.6) is 0 Å². The highest BCUT2D eigenvalue weighted by atomic mass is 32.2. The van der Waals surface area contributed by atoms with Gasteiger partial charge in [0, 0.05) is 38.6 Å². The SMILES string of the molecule is CN1c2cccc3cccc(c23)N(CCCN2CC=C(c3ccccc3)CC2)S1(=O)=O. The van der Waals surface area contributed by atoms with Crippen LogP contribution in [0.15, 0.2) is 72.8 Å². The van der Waals surface area contributed by atoms with Crippen LogP contribution in [0.25, 0.3) is 16.3 Å². The van der Waals surface area contributed by atoms with E-state index in [2.05, 4.69) is 35.2 Å². The summed E-state index contributed by atoms with van der Waals surface area (Å²) in [7, 11) is -1.93. The molecule has 2 aliphatic heterocycles. The van der Waals surface area contributed by atoms with E-state index in [9.17, 15) is 8.42 Å². The summed E-state index contributed by atoms with van der Waals surface area (Å²) in [6, 6.07) is 22.3. The summed E-state index contributed by atoms with van der Waals surface area (Å²) in [5.41, 5.74) is 4.24. The molecule has 0 saturated heterocycles. The predicted octanol–water partition coefficient (Wildman–Crippen LogP) is 4.52. The molecule has 0 radical (unpaired) electrons. The highest BCUT2D eigenvalue weighted by molar-refractivity contribution is 7.94. The highest BCUT2D eigenvalue weighted by Gasteiger charge is 2.34. The van der Waals surface area contributed by atoms with Crippen LogP contribution in [0.2, 0.25) is 0 Å². The van der Waals surface area contributed by atoms with Gasteiger partial charge in [-0.1, -0.05) is 60.7 Å². The maximum absolute atomic E-state index is 13.2. The van der Waals surface area contributed by atoms with Gasteiger partial charge in [-0.15, -0.1) is 0 Å². The Balaban J connectivity index is 1.30. The van der Waals surface area contributed by atoms with E-state index in [0.29, 0.717) is 6.54 Å². The molecule has 0 N–H and O–H groups in total. The standard InChI is InChI=1S/C25H27N3O2S/c1-26-23-12-5-10-22-11-6-13-24(25(22)23)28(31(26,29)30)17-7-16-27-18-14-21(15-19-27)20-8-3-2-4-9-20/h2-6,8-14H,7,15-19H2,1H3. The van der Waals surface area contributed by atoms with Crippen LogP contribution in [0, 0.1) is 0 Å². The van der Waals surface area contributed by atoms with Crippen LogP contribution >= 0.6 is 0 Å². The second-order valence-electron chi connectivity index (χ2n) is 8.20. The van der Waals surface area contributed by atoms with Crippen LogP contribution in [-0.2, 0) is 10.2 Å². The zero-order valence-electron chi connectivity index (χ0n) is 17.7. The quantitative estimate of drug-likeness (QED) is 0.594. The molecule has 31 heavy (non-hydrogen) atoms. The van der Waals surface area contributed by atoms with Gasteiger partial charge in [0.15, 0.2) is 0 Å². The van der Waals surface area contributed by atoms with E-state index in [1.165, 1.54) is 15.4 Å². The zero-order chi connectivity index (χ0) is 21.4. The lowest BCUT2D eigenvalue weighted by atomic mass is 9.99. The number of hydrogen-bond donors (Lipinski definition) is 0. The fraction of sp³-hybridized carbons (Fsp3) is 0.280. The van der Waals surface area contributed by atoms with Gasteiger partial charge < -0.3 is 0 Å². The molecule has 3 aromatic carbocycles. The minimum Gasteiger partial charge on any atom is -0.299 e. The van der Waals surface area contributed by atoms with Crippen LogP contribution in [0.4, 0.5) is 11.4 Å². The van der Waals surface area contributed by atoms with Gasteiger partial charge in [-0.3, -0.25) is 13.5 Å². The lowest BCUT2D eigenvalue weighted by molar-refractivity contribution is 0.300. The molecule has 0 aromatic heterocycles. The molecular formula is C25H27N3O2S. The molecule has 2 aliphatic rings. The molecule has 160 valence electrons. The van der Waals surface area contributed by atoms with E-state index in [-0.39, 0.29) is 0 Å². The van der Waals surface area contributed by atoms with Crippen molar-refractivity contribution in [3.8, 4) is 0 Å². The molecule has 5 nitrogen and oxygen atoms in total. The maximum atomic E-state index is 13.2. The average molecular weight is 434 g/mol. The molecule has 5 rings (SSSR count). The number of anilines is 2. The van der Waals surface area contributed by atoms with E-state index in [0.717, 1.165) is 54.6 Å². The minimum atomic E-state index is -3.57. The van der Waals surface area contributed by atoms with Crippen molar-refractivity contribution < 1.29 is 8.42 Å². The second-order valence-corrected chi connectivity index (χ2v) is 10.1. The Morgan fingerprint density at radius 2 is 1.61 bits per heavy atom. The Hall–Kier alpha value is -2.83. The Morgan fingerprint density at radius 3 is 2.32 bits per heavy atom. The van der Waals surface area contributed by atoms with Crippen molar-refractivity contribution >= 4 is 37.9 Å². The lowest BCUT2D eigenvalue weighted by Gasteiger charge is -2.37. The van der Waals surface area contributed by atoms with Gasteiger partial charge in [0.1, 0.15) is 0 Å². The van der Waals surface area contributed by atoms with Crippen LogP contribution in [0.3, 0.4) is 0 Å². The predicted molar refractivity (Wildman–Crippen MR) is 129 cm³/mol. The molecular weight excluding hydrogens is 406 g/mol.